The Morgan fingerprint density at radius 3 is 2.70 bits per heavy atom. The zero-order chi connectivity index (χ0) is 14.5. The summed E-state index contributed by atoms with van der Waals surface area (Å²) >= 11 is 5.95. The van der Waals surface area contributed by atoms with Crippen LogP contribution in [0.5, 0.6) is 0 Å². The lowest BCUT2D eigenvalue weighted by Gasteiger charge is -2.13. The third-order valence-corrected chi connectivity index (χ3v) is 2.90. The van der Waals surface area contributed by atoms with Crippen LogP contribution >= 0.6 is 11.6 Å². The summed E-state index contributed by atoms with van der Waals surface area (Å²) in [5.74, 6) is -0.446. The summed E-state index contributed by atoms with van der Waals surface area (Å²) in [5, 5.41) is 6.41. The van der Waals surface area contributed by atoms with Crippen molar-refractivity contribution in [3.05, 3.63) is 58.9 Å². The Morgan fingerprint density at radius 1 is 1.20 bits per heavy atom. The van der Waals surface area contributed by atoms with Crippen LogP contribution in [-0.4, -0.2) is 5.91 Å². The number of amides is 1. The summed E-state index contributed by atoms with van der Waals surface area (Å²) in [5.41, 5.74) is 2.13. The Kier molecular flexibility index (Phi) is 4.58. The van der Waals surface area contributed by atoms with Gasteiger partial charge in [-0.1, -0.05) is 23.7 Å². The third-order valence-electron chi connectivity index (χ3n) is 2.66. The van der Waals surface area contributed by atoms with Crippen molar-refractivity contribution in [1.29, 1.82) is 0 Å². The lowest BCUT2D eigenvalue weighted by atomic mass is 10.2. The fourth-order valence-corrected chi connectivity index (χ4v) is 1.98. The Balaban J connectivity index is 2.15. The van der Waals surface area contributed by atoms with Crippen molar-refractivity contribution in [1.82, 2.24) is 0 Å². The van der Waals surface area contributed by atoms with Gasteiger partial charge >= 0.3 is 0 Å². The SMILES string of the molecule is CC(=O)Nc1ccc(Cl)cc1NCc1cccc(F)c1. The first kappa shape index (κ1) is 14.3. The number of carbonyl (C=O) groups is 1. The largest absolute Gasteiger partial charge is 0.379 e. The first-order valence-electron chi connectivity index (χ1n) is 6.10. The highest BCUT2D eigenvalue weighted by Gasteiger charge is 2.05. The van der Waals surface area contributed by atoms with Crippen LogP contribution in [0, 0.1) is 5.82 Å². The van der Waals surface area contributed by atoms with E-state index in [4.69, 9.17) is 11.6 Å². The van der Waals surface area contributed by atoms with Crippen molar-refractivity contribution in [2.45, 2.75) is 13.5 Å². The monoisotopic (exact) mass is 292 g/mol. The van der Waals surface area contributed by atoms with Crippen LogP contribution < -0.4 is 10.6 Å². The Hall–Kier alpha value is -2.07. The van der Waals surface area contributed by atoms with Crippen molar-refractivity contribution < 1.29 is 9.18 Å². The highest BCUT2D eigenvalue weighted by molar-refractivity contribution is 6.31. The maximum absolute atomic E-state index is 13.1. The molecule has 0 bridgehead atoms. The normalized spacial score (nSPS) is 10.2. The molecule has 0 aliphatic carbocycles. The Morgan fingerprint density at radius 2 is 2.00 bits per heavy atom. The van der Waals surface area contributed by atoms with Gasteiger partial charge in [0.25, 0.3) is 0 Å². The predicted octanol–water partition coefficient (Wildman–Crippen LogP) is 4.05. The van der Waals surface area contributed by atoms with E-state index in [1.165, 1.54) is 19.1 Å². The van der Waals surface area contributed by atoms with E-state index in [1.54, 1.807) is 24.3 Å². The molecule has 0 unspecified atom stereocenters. The molecule has 0 atom stereocenters. The molecule has 0 spiro atoms. The number of hydrogen-bond acceptors (Lipinski definition) is 2. The molecule has 3 nitrogen and oxygen atoms in total. The average molecular weight is 293 g/mol. The van der Waals surface area contributed by atoms with Crippen LogP contribution in [0.4, 0.5) is 15.8 Å². The number of halogens is 2. The number of carbonyl (C=O) groups excluding carboxylic acids is 1. The van der Waals surface area contributed by atoms with Crippen molar-refractivity contribution in [3.8, 4) is 0 Å². The molecule has 2 rings (SSSR count). The minimum Gasteiger partial charge on any atom is -0.379 e. The van der Waals surface area contributed by atoms with Crippen molar-refractivity contribution >= 4 is 28.9 Å². The highest BCUT2D eigenvalue weighted by Crippen LogP contribution is 2.26. The fourth-order valence-electron chi connectivity index (χ4n) is 1.81. The van der Waals surface area contributed by atoms with Gasteiger partial charge in [-0.3, -0.25) is 4.79 Å². The lowest BCUT2D eigenvalue weighted by Crippen LogP contribution is -2.09. The molecule has 1 amide bonds. The van der Waals surface area contributed by atoms with E-state index < -0.39 is 0 Å². The van der Waals surface area contributed by atoms with Crippen LogP contribution in [0.3, 0.4) is 0 Å². The molecule has 2 N–H and O–H groups in total. The van der Waals surface area contributed by atoms with Gasteiger partial charge in [0.2, 0.25) is 5.91 Å². The lowest BCUT2D eigenvalue weighted by molar-refractivity contribution is -0.114. The molecule has 104 valence electrons. The quantitative estimate of drug-likeness (QED) is 0.892. The van der Waals surface area contributed by atoms with E-state index >= 15 is 0 Å². The molecule has 2 aromatic rings. The minimum absolute atomic E-state index is 0.166. The molecule has 20 heavy (non-hydrogen) atoms. The van der Waals surface area contributed by atoms with E-state index in [1.807, 2.05) is 6.07 Å². The maximum atomic E-state index is 13.1. The van der Waals surface area contributed by atoms with Crippen molar-refractivity contribution in [3.63, 3.8) is 0 Å². The number of hydrogen-bond donors (Lipinski definition) is 2. The molecule has 0 radical (unpaired) electrons. The zero-order valence-corrected chi connectivity index (χ0v) is 11.7. The second-order valence-corrected chi connectivity index (χ2v) is 4.79. The smallest absolute Gasteiger partial charge is 0.221 e. The van der Waals surface area contributed by atoms with E-state index in [0.29, 0.717) is 22.9 Å². The third kappa shape index (κ3) is 3.96. The predicted molar refractivity (Wildman–Crippen MR) is 79.5 cm³/mol. The van der Waals surface area contributed by atoms with Crippen molar-refractivity contribution in [2.24, 2.45) is 0 Å². The highest BCUT2D eigenvalue weighted by atomic mass is 35.5. The molecule has 2 aromatic carbocycles. The number of benzene rings is 2. The molecule has 0 fully saturated rings. The average Bonchev–Trinajstić information content (AvgIpc) is 2.39. The van der Waals surface area contributed by atoms with Gasteiger partial charge in [-0.2, -0.15) is 0 Å². The summed E-state index contributed by atoms with van der Waals surface area (Å²) in [4.78, 5) is 11.1. The second-order valence-electron chi connectivity index (χ2n) is 4.35. The summed E-state index contributed by atoms with van der Waals surface area (Å²) in [6, 6.07) is 11.4. The van der Waals surface area contributed by atoms with Gasteiger partial charge in [0, 0.05) is 18.5 Å². The van der Waals surface area contributed by atoms with Gasteiger partial charge in [-0.05, 0) is 35.9 Å². The van der Waals surface area contributed by atoms with E-state index in [9.17, 15) is 9.18 Å². The van der Waals surface area contributed by atoms with Gasteiger partial charge < -0.3 is 10.6 Å². The van der Waals surface area contributed by atoms with Gasteiger partial charge in [0.1, 0.15) is 5.82 Å². The van der Waals surface area contributed by atoms with Crippen LogP contribution in [0.1, 0.15) is 12.5 Å². The number of nitrogens with one attached hydrogen (secondary N) is 2. The maximum Gasteiger partial charge on any atom is 0.221 e. The summed E-state index contributed by atoms with van der Waals surface area (Å²) in [6.45, 7) is 1.87. The first-order valence-corrected chi connectivity index (χ1v) is 6.48. The van der Waals surface area contributed by atoms with Gasteiger partial charge in [0.15, 0.2) is 0 Å². The molecular weight excluding hydrogens is 279 g/mol. The summed E-state index contributed by atoms with van der Waals surface area (Å²) < 4.78 is 13.1. The van der Waals surface area contributed by atoms with Crippen LogP contribution in [-0.2, 0) is 11.3 Å². The number of anilines is 2. The van der Waals surface area contributed by atoms with Gasteiger partial charge in [-0.25, -0.2) is 4.39 Å². The van der Waals surface area contributed by atoms with Crippen LogP contribution in [0.25, 0.3) is 0 Å². The van der Waals surface area contributed by atoms with E-state index in [2.05, 4.69) is 10.6 Å². The van der Waals surface area contributed by atoms with E-state index in [-0.39, 0.29) is 11.7 Å². The molecule has 0 aromatic heterocycles. The van der Waals surface area contributed by atoms with Crippen LogP contribution in [0.2, 0.25) is 5.02 Å². The Bertz CT molecular complexity index is 631. The van der Waals surface area contributed by atoms with Gasteiger partial charge in [0.05, 0.1) is 11.4 Å². The second kappa shape index (κ2) is 6.39. The molecule has 0 heterocycles. The Labute approximate surface area is 121 Å². The first-order chi connectivity index (χ1) is 9.54. The molecule has 0 aliphatic rings. The topological polar surface area (TPSA) is 41.1 Å². The zero-order valence-electron chi connectivity index (χ0n) is 10.9. The molecular formula is C15H14ClFN2O. The molecule has 0 aliphatic heterocycles. The van der Waals surface area contributed by atoms with Gasteiger partial charge in [-0.15, -0.1) is 0 Å². The van der Waals surface area contributed by atoms with E-state index in [0.717, 1.165) is 5.56 Å². The summed E-state index contributed by atoms with van der Waals surface area (Å²) in [6.07, 6.45) is 0. The minimum atomic E-state index is -0.280. The van der Waals surface area contributed by atoms with Crippen molar-refractivity contribution in [2.75, 3.05) is 10.6 Å². The fraction of sp³-hybridized carbons (Fsp3) is 0.133. The van der Waals surface area contributed by atoms with Crippen LogP contribution in [0.15, 0.2) is 42.5 Å². The summed E-state index contributed by atoms with van der Waals surface area (Å²) in [7, 11) is 0. The molecule has 0 saturated heterocycles. The molecule has 0 saturated carbocycles. The molecule has 5 heteroatoms. The number of rotatable bonds is 4. The standard InChI is InChI=1S/C15H14ClFN2O/c1-10(20)19-14-6-5-12(16)8-15(14)18-9-11-3-2-4-13(17)7-11/h2-8,18H,9H2,1H3,(H,19,20).